The molecule has 50 valence electrons. The van der Waals surface area contributed by atoms with Gasteiger partial charge in [-0.15, -0.1) is 0 Å². The highest BCUT2D eigenvalue weighted by Gasteiger charge is 1.99. The van der Waals surface area contributed by atoms with Crippen molar-refractivity contribution in [2.45, 2.75) is 20.4 Å². The molecule has 0 aliphatic carbocycles. The first-order valence-corrected chi connectivity index (χ1v) is 5.14. The second-order valence-electron chi connectivity index (χ2n) is 1.48. The van der Waals surface area contributed by atoms with E-state index in [1.807, 2.05) is 20.4 Å². The van der Waals surface area contributed by atoms with Crippen molar-refractivity contribution in [1.29, 1.82) is 0 Å². The van der Waals surface area contributed by atoms with E-state index in [4.69, 9.17) is 8.85 Å². The minimum Gasteiger partial charge on any atom is -0.397 e. The molecular weight excluding hydrogens is 120 g/mol. The lowest BCUT2D eigenvalue weighted by molar-refractivity contribution is 0.219. The highest BCUT2D eigenvalue weighted by atomic mass is 28.3. The van der Waals surface area contributed by atoms with Crippen molar-refractivity contribution < 1.29 is 10.3 Å². The predicted octanol–water partition coefficient (Wildman–Crippen LogP) is 1.02. The van der Waals surface area contributed by atoms with Gasteiger partial charge in [0.05, 0.1) is 0 Å². The lowest BCUT2D eigenvalue weighted by Crippen LogP contribution is -2.17. The Morgan fingerprint density at radius 1 is 1.25 bits per heavy atom. The smallest absolute Gasteiger partial charge is 0.397 e. The van der Waals surface area contributed by atoms with Gasteiger partial charge >= 0.3 is 10.7 Å². The average Bonchev–Trinajstić information content (AvgIpc) is 1.68. The monoisotopic (exact) mass is 135 g/mol. The third-order valence-electron chi connectivity index (χ3n) is 0.803. The lowest BCUT2D eigenvalue weighted by atomic mass is 10.9. The Hall–Kier alpha value is 0.137. The number of hydrogen-bond acceptors (Lipinski definition) is 2. The summed E-state index contributed by atoms with van der Waals surface area (Å²) in [6, 6.07) is 0. The van der Waals surface area contributed by atoms with Crippen molar-refractivity contribution in [2.75, 3.05) is 13.2 Å². The van der Waals surface area contributed by atoms with Crippen LogP contribution in [0.4, 0.5) is 0 Å². The van der Waals surface area contributed by atoms with Gasteiger partial charge in [-0.2, -0.15) is 0 Å². The third-order valence-corrected chi connectivity index (χ3v) is 2.41. The van der Waals surface area contributed by atoms with Crippen molar-refractivity contribution in [3.8, 4) is 0 Å². The Labute approximate surface area is 54.1 Å². The fourth-order valence-electron chi connectivity index (χ4n) is 0.518. The minimum absolute atomic E-state index is 0. The summed E-state index contributed by atoms with van der Waals surface area (Å²) >= 11 is 0. The molecule has 2 nitrogen and oxygen atoms in total. The summed E-state index contributed by atoms with van der Waals surface area (Å²) < 4.78 is 10.4. The van der Waals surface area contributed by atoms with E-state index in [0.717, 1.165) is 13.2 Å². The van der Waals surface area contributed by atoms with Crippen LogP contribution in [0.25, 0.3) is 0 Å². The van der Waals surface area contributed by atoms with Crippen molar-refractivity contribution >= 4 is 9.28 Å². The second kappa shape index (κ2) is 5.28. The third kappa shape index (κ3) is 4.30. The van der Waals surface area contributed by atoms with Gasteiger partial charge in [0, 0.05) is 13.2 Å². The van der Waals surface area contributed by atoms with Gasteiger partial charge in [0.2, 0.25) is 0 Å². The highest BCUT2D eigenvalue weighted by Crippen LogP contribution is 1.85. The Balaban J connectivity index is 0. The van der Waals surface area contributed by atoms with Crippen molar-refractivity contribution in [1.82, 2.24) is 0 Å². The van der Waals surface area contributed by atoms with Gasteiger partial charge in [-0.3, -0.25) is 0 Å². The van der Waals surface area contributed by atoms with Crippen molar-refractivity contribution in [3.05, 3.63) is 0 Å². The van der Waals surface area contributed by atoms with Gasteiger partial charge in [-0.05, 0) is 20.4 Å². The molecule has 0 amide bonds. The lowest BCUT2D eigenvalue weighted by Gasteiger charge is -2.07. The van der Waals surface area contributed by atoms with E-state index in [1.165, 1.54) is 0 Å². The van der Waals surface area contributed by atoms with Crippen LogP contribution in [-0.4, -0.2) is 22.5 Å². The van der Waals surface area contributed by atoms with Crippen LogP contribution in [0.5, 0.6) is 0 Å². The molecule has 0 aromatic carbocycles. The SMILES string of the molecule is CCO[SiH](C)OCC.[H+]. The summed E-state index contributed by atoms with van der Waals surface area (Å²) in [5, 5.41) is 0. The van der Waals surface area contributed by atoms with Crippen molar-refractivity contribution in [3.63, 3.8) is 0 Å². The van der Waals surface area contributed by atoms with Crippen molar-refractivity contribution in [2.24, 2.45) is 0 Å². The Kier molecular flexibility index (Phi) is 5.37. The Bertz CT molecular complexity index is 48.2. The summed E-state index contributed by atoms with van der Waals surface area (Å²) in [6.45, 7) is 7.58. The zero-order chi connectivity index (χ0) is 6.41. The van der Waals surface area contributed by atoms with Crippen LogP contribution in [0.15, 0.2) is 0 Å². The van der Waals surface area contributed by atoms with Gasteiger partial charge in [-0.25, -0.2) is 0 Å². The summed E-state index contributed by atoms with van der Waals surface area (Å²) in [7, 11) is -1.20. The molecule has 8 heavy (non-hydrogen) atoms. The van der Waals surface area contributed by atoms with E-state index >= 15 is 0 Å². The maximum Gasteiger partial charge on any atom is 1.00 e. The molecule has 0 aliphatic rings. The molecular formula is C5H15O2Si+. The van der Waals surface area contributed by atoms with E-state index in [9.17, 15) is 0 Å². The molecule has 0 spiro atoms. The van der Waals surface area contributed by atoms with Crippen LogP contribution in [0.3, 0.4) is 0 Å². The zero-order valence-electron chi connectivity index (χ0n) is 6.81. The van der Waals surface area contributed by atoms with E-state index in [0.29, 0.717) is 0 Å². The molecule has 0 saturated heterocycles. The van der Waals surface area contributed by atoms with Gasteiger partial charge in [0.15, 0.2) is 0 Å². The molecule has 0 aromatic rings. The van der Waals surface area contributed by atoms with Crippen LogP contribution in [0.1, 0.15) is 15.3 Å². The average molecular weight is 135 g/mol. The molecule has 0 bridgehead atoms. The fourth-order valence-corrected chi connectivity index (χ4v) is 1.55. The fraction of sp³-hybridized carbons (Fsp3) is 1.00. The maximum absolute atomic E-state index is 5.20. The van der Waals surface area contributed by atoms with E-state index in [2.05, 4.69) is 0 Å². The first kappa shape index (κ1) is 8.14. The number of rotatable bonds is 4. The summed E-state index contributed by atoms with van der Waals surface area (Å²) in [4.78, 5) is 0. The van der Waals surface area contributed by atoms with Gasteiger partial charge in [0.25, 0.3) is 0 Å². The zero-order valence-corrected chi connectivity index (χ0v) is 6.96. The quantitative estimate of drug-likeness (QED) is 0.536. The molecule has 0 fully saturated rings. The number of hydrogen-bond donors (Lipinski definition) is 0. The molecule has 3 heteroatoms. The Morgan fingerprint density at radius 2 is 1.62 bits per heavy atom. The summed E-state index contributed by atoms with van der Waals surface area (Å²) in [5.41, 5.74) is 0. The Morgan fingerprint density at radius 3 is 1.88 bits per heavy atom. The van der Waals surface area contributed by atoms with Crippen LogP contribution < -0.4 is 0 Å². The highest BCUT2D eigenvalue weighted by molar-refractivity contribution is 6.42. The van der Waals surface area contributed by atoms with Gasteiger partial charge in [0.1, 0.15) is 0 Å². The van der Waals surface area contributed by atoms with Crippen LogP contribution in [-0.2, 0) is 8.85 Å². The van der Waals surface area contributed by atoms with E-state index < -0.39 is 9.28 Å². The topological polar surface area (TPSA) is 18.5 Å². The van der Waals surface area contributed by atoms with Gasteiger partial charge < -0.3 is 8.85 Å². The largest absolute Gasteiger partial charge is 1.00 e. The predicted molar refractivity (Wildman–Crippen MR) is 37.4 cm³/mol. The molecule has 0 aliphatic heterocycles. The molecule has 0 unspecified atom stereocenters. The molecule has 0 aromatic heterocycles. The molecule has 0 N–H and O–H groups in total. The van der Waals surface area contributed by atoms with E-state index in [-0.39, 0.29) is 1.43 Å². The normalized spacial score (nSPS) is 10.5. The molecule has 0 rings (SSSR count). The summed E-state index contributed by atoms with van der Waals surface area (Å²) in [5.74, 6) is 0. The van der Waals surface area contributed by atoms with Crippen LogP contribution >= 0.6 is 0 Å². The first-order chi connectivity index (χ1) is 3.81. The second-order valence-corrected chi connectivity index (χ2v) is 3.28. The molecule has 0 heterocycles. The molecule has 0 radical (unpaired) electrons. The summed E-state index contributed by atoms with van der Waals surface area (Å²) in [6.07, 6.45) is 0. The molecule has 0 saturated carbocycles. The van der Waals surface area contributed by atoms with Crippen LogP contribution in [0, 0.1) is 0 Å². The minimum atomic E-state index is -1.20. The standard InChI is InChI=1S/C5H14O2Si/c1-4-6-8(3)7-5-2/h8H,4-5H2,1-3H3/p+1. The maximum atomic E-state index is 5.20. The van der Waals surface area contributed by atoms with Gasteiger partial charge in [-0.1, -0.05) is 0 Å². The first-order valence-electron chi connectivity index (χ1n) is 3.04. The molecule has 0 atom stereocenters. The van der Waals surface area contributed by atoms with E-state index in [1.54, 1.807) is 0 Å². The van der Waals surface area contributed by atoms with Crippen LogP contribution in [0.2, 0.25) is 6.55 Å².